The summed E-state index contributed by atoms with van der Waals surface area (Å²) >= 11 is 0. The molecule has 0 saturated carbocycles. The van der Waals surface area contributed by atoms with E-state index in [2.05, 4.69) is 46.5 Å². The molecule has 8 heteroatoms. The number of hydrogen-bond acceptors (Lipinski definition) is 4. The second-order valence-electron chi connectivity index (χ2n) is 8.30. The van der Waals surface area contributed by atoms with Crippen LogP contribution < -0.4 is 5.32 Å². The lowest BCUT2D eigenvalue weighted by Gasteiger charge is -2.35. The lowest BCUT2D eigenvalue weighted by Crippen LogP contribution is -2.47. The van der Waals surface area contributed by atoms with Crippen molar-refractivity contribution in [1.29, 1.82) is 0 Å². The number of likely N-dealkylation sites (tertiary alicyclic amines) is 1. The normalized spacial score (nSPS) is 20.1. The van der Waals surface area contributed by atoms with Crippen molar-refractivity contribution < 1.29 is 9.47 Å². The van der Waals surface area contributed by atoms with Crippen LogP contribution in [-0.2, 0) is 16.0 Å². The van der Waals surface area contributed by atoms with Gasteiger partial charge in [0.25, 0.3) is 0 Å². The van der Waals surface area contributed by atoms with E-state index in [0.717, 1.165) is 63.8 Å². The van der Waals surface area contributed by atoms with E-state index in [4.69, 9.17) is 14.5 Å². The topological polar surface area (TPSA) is 63.9 Å². The maximum atomic E-state index is 6.16. The third-order valence-electron chi connectivity index (χ3n) is 5.98. The second-order valence-corrected chi connectivity index (χ2v) is 8.30. The molecule has 0 bridgehead atoms. The van der Waals surface area contributed by atoms with Gasteiger partial charge in [0, 0.05) is 38.6 Å². The predicted molar refractivity (Wildman–Crippen MR) is 138 cm³/mol. The van der Waals surface area contributed by atoms with E-state index in [1.165, 1.54) is 18.4 Å². The Labute approximate surface area is 208 Å². The average Bonchev–Trinajstić information content (AvgIpc) is 3.37. The number of hydrogen-bond donors (Lipinski definition) is 1. The summed E-state index contributed by atoms with van der Waals surface area (Å²) in [5.74, 6) is 0.993. The molecule has 0 aliphatic carbocycles. The number of ether oxygens (including phenoxy) is 2. The van der Waals surface area contributed by atoms with Crippen molar-refractivity contribution in [3.8, 4) is 5.69 Å². The van der Waals surface area contributed by atoms with Crippen molar-refractivity contribution in [2.75, 3.05) is 32.8 Å². The van der Waals surface area contributed by atoms with Crippen LogP contribution in [0.15, 0.2) is 47.7 Å². The van der Waals surface area contributed by atoms with Gasteiger partial charge < -0.3 is 19.7 Å². The molecule has 2 aliphatic rings. The molecule has 2 aliphatic heterocycles. The van der Waals surface area contributed by atoms with Crippen molar-refractivity contribution >= 4 is 29.9 Å². The van der Waals surface area contributed by atoms with Gasteiger partial charge in [-0.2, -0.15) is 5.10 Å². The minimum Gasteiger partial charge on any atom is -0.376 e. The first-order valence-corrected chi connectivity index (χ1v) is 11.7. The highest BCUT2D eigenvalue weighted by Gasteiger charge is 2.23. The molecule has 2 saturated heterocycles. The number of rotatable bonds is 7. The lowest BCUT2D eigenvalue weighted by molar-refractivity contribution is -0.0721. The molecule has 3 heterocycles. The van der Waals surface area contributed by atoms with E-state index in [1.54, 1.807) is 6.20 Å². The van der Waals surface area contributed by atoms with Crippen molar-refractivity contribution in [1.82, 2.24) is 20.0 Å². The lowest BCUT2D eigenvalue weighted by atomic mass is 10.1. The molecule has 32 heavy (non-hydrogen) atoms. The predicted octanol–water partition coefficient (Wildman–Crippen LogP) is 4.01. The van der Waals surface area contributed by atoms with Gasteiger partial charge in [0.1, 0.15) is 0 Å². The van der Waals surface area contributed by atoms with Gasteiger partial charge in [-0.25, -0.2) is 9.67 Å². The van der Waals surface area contributed by atoms with Crippen molar-refractivity contribution in [2.24, 2.45) is 4.99 Å². The minimum atomic E-state index is 0. The Kier molecular flexibility index (Phi) is 10.3. The molecule has 1 N–H and O–H groups in total. The Balaban J connectivity index is 0.00000289. The number of nitrogens with one attached hydrogen (secondary N) is 1. The summed E-state index contributed by atoms with van der Waals surface area (Å²) in [7, 11) is 0. The number of benzene rings is 1. The van der Waals surface area contributed by atoms with Crippen LogP contribution >= 0.6 is 24.0 Å². The Morgan fingerprint density at radius 2 is 2.00 bits per heavy atom. The first kappa shape index (κ1) is 25.0. The largest absolute Gasteiger partial charge is 0.376 e. The van der Waals surface area contributed by atoms with Gasteiger partial charge >= 0.3 is 0 Å². The van der Waals surface area contributed by atoms with E-state index in [0.29, 0.717) is 18.8 Å². The molecule has 0 spiro atoms. The van der Waals surface area contributed by atoms with Crippen LogP contribution in [0.25, 0.3) is 5.69 Å². The van der Waals surface area contributed by atoms with Crippen LogP contribution in [0.1, 0.15) is 44.6 Å². The number of aliphatic imine (C=N–C) groups is 1. The summed E-state index contributed by atoms with van der Waals surface area (Å²) in [6.07, 6.45) is 10.0. The molecule has 1 aromatic carbocycles. The number of aromatic nitrogens is 2. The summed E-state index contributed by atoms with van der Waals surface area (Å²) in [5.41, 5.74) is 2.25. The third kappa shape index (κ3) is 7.18. The molecule has 7 nitrogen and oxygen atoms in total. The Morgan fingerprint density at radius 3 is 2.66 bits per heavy atom. The molecule has 4 rings (SSSR count). The monoisotopic (exact) mass is 553 g/mol. The zero-order valence-corrected chi connectivity index (χ0v) is 21.3. The van der Waals surface area contributed by atoms with Gasteiger partial charge in [-0.05, 0) is 62.8 Å². The molecule has 1 unspecified atom stereocenters. The zero-order chi connectivity index (χ0) is 21.3. The highest BCUT2D eigenvalue weighted by molar-refractivity contribution is 14.0. The fourth-order valence-corrected chi connectivity index (χ4v) is 4.18. The van der Waals surface area contributed by atoms with Crippen LogP contribution in [-0.4, -0.2) is 65.7 Å². The molecular weight excluding hydrogens is 517 g/mol. The smallest absolute Gasteiger partial charge is 0.194 e. The van der Waals surface area contributed by atoms with Crippen LogP contribution in [0.4, 0.5) is 0 Å². The fourth-order valence-electron chi connectivity index (χ4n) is 4.18. The molecular formula is C24H36IN5O2. The van der Waals surface area contributed by atoms with Crippen molar-refractivity contribution in [3.63, 3.8) is 0 Å². The molecule has 0 amide bonds. The van der Waals surface area contributed by atoms with Gasteiger partial charge in [-0.15, -0.1) is 24.0 Å². The van der Waals surface area contributed by atoms with Gasteiger partial charge in [0.05, 0.1) is 31.0 Å². The van der Waals surface area contributed by atoms with Crippen LogP contribution in [0.2, 0.25) is 0 Å². The van der Waals surface area contributed by atoms with Gasteiger partial charge in [0.2, 0.25) is 0 Å². The van der Waals surface area contributed by atoms with Crippen LogP contribution in [0.3, 0.4) is 0 Å². The first-order chi connectivity index (χ1) is 15.3. The summed E-state index contributed by atoms with van der Waals surface area (Å²) < 4.78 is 13.8. The molecule has 1 aromatic heterocycles. The fraction of sp³-hybridized carbons (Fsp3) is 0.583. The molecule has 0 radical (unpaired) electrons. The third-order valence-corrected chi connectivity index (χ3v) is 5.98. The second kappa shape index (κ2) is 13.2. The maximum Gasteiger partial charge on any atom is 0.194 e. The van der Waals surface area contributed by atoms with Crippen LogP contribution in [0.5, 0.6) is 0 Å². The summed E-state index contributed by atoms with van der Waals surface area (Å²) in [5, 5.41) is 7.73. The van der Waals surface area contributed by atoms with Gasteiger partial charge in [0.15, 0.2) is 5.96 Å². The molecule has 2 aromatic rings. The standard InChI is InChI=1S/C24H35N5O2.HI/c1-2-25-24(26-18-20-7-9-21(10-8-20)29-14-5-13-27-29)28-15-11-22(12-16-28)31-19-23-6-3-4-17-30-23;/h5,7-10,13-14,22-23H,2-4,6,11-12,15-19H2,1H3,(H,25,26);1H. The van der Waals surface area contributed by atoms with Gasteiger partial charge in [-0.1, -0.05) is 12.1 Å². The summed E-state index contributed by atoms with van der Waals surface area (Å²) in [6, 6.07) is 10.3. The summed E-state index contributed by atoms with van der Waals surface area (Å²) in [4.78, 5) is 7.25. The van der Waals surface area contributed by atoms with E-state index >= 15 is 0 Å². The number of halogens is 1. The van der Waals surface area contributed by atoms with Gasteiger partial charge in [-0.3, -0.25) is 0 Å². The highest BCUT2D eigenvalue weighted by atomic mass is 127. The maximum absolute atomic E-state index is 6.16. The van der Waals surface area contributed by atoms with E-state index in [1.807, 2.05) is 16.9 Å². The Morgan fingerprint density at radius 1 is 1.19 bits per heavy atom. The van der Waals surface area contributed by atoms with Crippen LogP contribution in [0, 0.1) is 0 Å². The van der Waals surface area contributed by atoms with E-state index in [9.17, 15) is 0 Å². The zero-order valence-electron chi connectivity index (χ0n) is 19.0. The number of guanidine groups is 1. The Hall–Kier alpha value is -1.65. The number of nitrogens with zero attached hydrogens (tertiary/aromatic N) is 4. The quantitative estimate of drug-likeness (QED) is 0.319. The van der Waals surface area contributed by atoms with E-state index < -0.39 is 0 Å². The highest BCUT2D eigenvalue weighted by Crippen LogP contribution is 2.18. The molecule has 1 atom stereocenters. The van der Waals surface area contributed by atoms with E-state index in [-0.39, 0.29) is 24.0 Å². The Bertz CT molecular complexity index is 798. The minimum absolute atomic E-state index is 0. The number of piperidine rings is 1. The first-order valence-electron chi connectivity index (χ1n) is 11.7. The summed E-state index contributed by atoms with van der Waals surface area (Å²) in [6.45, 7) is 7.23. The van der Waals surface area contributed by atoms with Crippen molar-refractivity contribution in [2.45, 2.75) is 57.8 Å². The SMILES string of the molecule is CCNC(=NCc1ccc(-n2cccn2)cc1)N1CCC(OCC2CCCCO2)CC1.I. The molecule has 2 fully saturated rings. The van der Waals surface area contributed by atoms with Crippen molar-refractivity contribution in [3.05, 3.63) is 48.3 Å². The average molecular weight is 553 g/mol. The molecule has 176 valence electrons.